The summed E-state index contributed by atoms with van der Waals surface area (Å²) in [5.41, 5.74) is 0.264. The van der Waals surface area contributed by atoms with E-state index in [0.29, 0.717) is 43.5 Å². The topological polar surface area (TPSA) is 119 Å². The summed E-state index contributed by atoms with van der Waals surface area (Å²) in [4.78, 5) is 29.1. The lowest BCUT2D eigenvalue weighted by Gasteiger charge is -2.35. The van der Waals surface area contributed by atoms with Crippen molar-refractivity contribution in [3.63, 3.8) is 0 Å². The zero-order chi connectivity index (χ0) is 19.6. The van der Waals surface area contributed by atoms with Crippen LogP contribution in [0.15, 0.2) is 58.5 Å². The third-order valence-electron chi connectivity index (χ3n) is 4.68. The summed E-state index contributed by atoms with van der Waals surface area (Å²) >= 11 is 0. The predicted octanol–water partition coefficient (Wildman–Crippen LogP) is 1.27. The van der Waals surface area contributed by atoms with E-state index in [1.165, 1.54) is 12.7 Å². The van der Waals surface area contributed by atoms with Gasteiger partial charge in [0.05, 0.1) is 6.26 Å². The van der Waals surface area contributed by atoms with Crippen LogP contribution in [0, 0.1) is 0 Å². The molecule has 1 fully saturated rings. The summed E-state index contributed by atoms with van der Waals surface area (Å²) in [6, 6.07) is 6.95. The molecule has 4 aromatic rings. The number of amides is 1. The molecule has 1 aliphatic heterocycles. The Bertz CT molecular complexity index is 1100. The van der Waals surface area contributed by atoms with E-state index in [2.05, 4.69) is 30.1 Å². The Labute approximate surface area is 164 Å². The number of anilines is 1. The van der Waals surface area contributed by atoms with E-state index in [4.69, 9.17) is 8.94 Å². The maximum absolute atomic E-state index is 12.7. The van der Waals surface area contributed by atoms with Gasteiger partial charge in [0, 0.05) is 38.3 Å². The van der Waals surface area contributed by atoms with Crippen LogP contribution < -0.4 is 4.90 Å². The summed E-state index contributed by atoms with van der Waals surface area (Å²) in [6.07, 6.45) is 6.07. The van der Waals surface area contributed by atoms with Gasteiger partial charge >= 0.3 is 0 Å². The number of nitrogens with zero attached hydrogens (tertiary/aromatic N) is 8. The van der Waals surface area contributed by atoms with Crippen LogP contribution in [-0.4, -0.2) is 66.9 Å². The summed E-state index contributed by atoms with van der Waals surface area (Å²) in [7, 11) is 0. The molecule has 0 unspecified atom stereocenters. The molecule has 146 valence electrons. The predicted molar refractivity (Wildman–Crippen MR) is 99.3 cm³/mol. The van der Waals surface area contributed by atoms with Crippen molar-refractivity contribution in [2.75, 3.05) is 31.1 Å². The highest BCUT2D eigenvalue weighted by Crippen LogP contribution is 2.22. The van der Waals surface area contributed by atoms with E-state index >= 15 is 0 Å². The number of hydrogen-bond donors (Lipinski definition) is 0. The van der Waals surface area contributed by atoms with E-state index in [9.17, 15) is 4.79 Å². The van der Waals surface area contributed by atoms with Crippen LogP contribution in [-0.2, 0) is 0 Å². The summed E-state index contributed by atoms with van der Waals surface area (Å²) < 4.78 is 12.1. The lowest BCUT2D eigenvalue weighted by Crippen LogP contribution is -2.49. The van der Waals surface area contributed by atoms with Gasteiger partial charge in [-0.3, -0.25) is 4.79 Å². The first kappa shape index (κ1) is 17.1. The SMILES string of the molecule is O=C(c1cc(-c2ccco2)on1)N1CCN(c2cc(-n3cncn3)ncn2)CC1. The molecule has 0 aliphatic carbocycles. The molecule has 0 N–H and O–H groups in total. The van der Waals surface area contributed by atoms with E-state index < -0.39 is 0 Å². The van der Waals surface area contributed by atoms with Gasteiger partial charge in [0.2, 0.25) is 5.76 Å². The highest BCUT2D eigenvalue weighted by molar-refractivity contribution is 5.93. The Morgan fingerprint density at radius 2 is 1.86 bits per heavy atom. The molecular weight excluding hydrogens is 376 g/mol. The smallest absolute Gasteiger partial charge is 0.276 e. The largest absolute Gasteiger partial charge is 0.461 e. The molecule has 0 radical (unpaired) electrons. The molecule has 1 saturated heterocycles. The molecule has 11 heteroatoms. The molecule has 0 atom stereocenters. The molecule has 0 saturated carbocycles. The standard InChI is InChI=1S/C18H16N8O3/c27-18(13-8-15(29-23-13)14-2-1-7-28-14)25-5-3-24(4-6-25)16-9-17(21-11-20-16)26-12-19-10-22-26/h1-2,7-12H,3-6H2. The van der Waals surface area contributed by atoms with Crippen molar-refractivity contribution in [3.8, 4) is 17.3 Å². The average molecular weight is 392 g/mol. The third-order valence-corrected chi connectivity index (χ3v) is 4.68. The Morgan fingerprint density at radius 3 is 2.62 bits per heavy atom. The van der Waals surface area contributed by atoms with Crippen molar-refractivity contribution in [1.82, 2.24) is 34.8 Å². The molecule has 0 bridgehead atoms. The third kappa shape index (κ3) is 3.33. The first-order valence-electron chi connectivity index (χ1n) is 9.00. The minimum atomic E-state index is -0.169. The van der Waals surface area contributed by atoms with E-state index in [1.807, 2.05) is 6.07 Å². The van der Waals surface area contributed by atoms with Crippen molar-refractivity contribution < 1.29 is 13.7 Å². The fourth-order valence-electron chi connectivity index (χ4n) is 3.17. The molecule has 11 nitrogen and oxygen atoms in total. The lowest BCUT2D eigenvalue weighted by molar-refractivity contribution is 0.0736. The first-order chi connectivity index (χ1) is 14.3. The van der Waals surface area contributed by atoms with Gasteiger partial charge in [-0.1, -0.05) is 5.16 Å². The number of hydrogen-bond acceptors (Lipinski definition) is 9. The Hall–Kier alpha value is -4.02. The fraction of sp³-hybridized carbons (Fsp3) is 0.222. The van der Waals surface area contributed by atoms with E-state index in [0.717, 1.165) is 5.82 Å². The maximum atomic E-state index is 12.7. The van der Waals surface area contributed by atoms with Crippen molar-refractivity contribution in [3.05, 3.63) is 55.2 Å². The molecule has 5 rings (SSSR count). The summed E-state index contributed by atoms with van der Waals surface area (Å²) in [5.74, 6) is 2.21. The Morgan fingerprint density at radius 1 is 1.00 bits per heavy atom. The van der Waals surface area contributed by atoms with Crippen molar-refractivity contribution >= 4 is 11.7 Å². The molecule has 29 heavy (non-hydrogen) atoms. The van der Waals surface area contributed by atoms with Crippen LogP contribution in [0.4, 0.5) is 5.82 Å². The number of carbonyl (C=O) groups is 1. The highest BCUT2D eigenvalue weighted by Gasteiger charge is 2.26. The number of furan rings is 1. The normalized spacial score (nSPS) is 14.3. The van der Waals surface area contributed by atoms with Crippen LogP contribution in [0.25, 0.3) is 17.3 Å². The number of piperazine rings is 1. The molecular formula is C18H16N8O3. The molecule has 5 heterocycles. The average Bonchev–Trinajstić information content (AvgIpc) is 3.55. The Kier molecular flexibility index (Phi) is 4.24. The van der Waals surface area contributed by atoms with Crippen LogP contribution in [0.5, 0.6) is 0 Å². The molecule has 1 aliphatic rings. The van der Waals surface area contributed by atoms with Crippen LogP contribution >= 0.6 is 0 Å². The van der Waals surface area contributed by atoms with E-state index in [1.54, 1.807) is 40.4 Å². The van der Waals surface area contributed by atoms with Crippen LogP contribution in [0.1, 0.15) is 10.5 Å². The van der Waals surface area contributed by atoms with Crippen molar-refractivity contribution in [2.24, 2.45) is 0 Å². The van der Waals surface area contributed by atoms with Gasteiger partial charge in [0.25, 0.3) is 5.91 Å². The minimum Gasteiger partial charge on any atom is -0.461 e. The van der Waals surface area contributed by atoms with E-state index in [-0.39, 0.29) is 11.6 Å². The molecule has 1 amide bonds. The highest BCUT2D eigenvalue weighted by atomic mass is 16.5. The lowest BCUT2D eigenvalue weighted by atomic mass is 10.2. The number of aromatic nitrogens is 6. The number of carbonyl (C=O) groups excluding carboxylic acids is 1. The zero-order valence-corrected chi connectivity index (χ0v) is 15.2. The zero-order valence-electron chi connectivity index (χ0n) is 15.2. The second-order valence-corrected chi connectivity index (χ2v) is 6.41. The minimum absolute atomic E-state index is 0.169. The quantitative estimate of drug-likeness (QED) is 0.505. The van der Waals surface area contributed by atoms with Gasteiger partial charge < -0.3 is 18.7 Å². The van der Waals surface area contributed by atoms with Crippen molar-refractivity contribution in [2.45, 2.75) is 0 Å². The molecule has 0 aromatic carbocycles. The fourth-order valence-corrected chi connectivity index (χ4v) is 3.17. The van der Waals surface area contributed by atoms with Gasteiger partial charge in [-0.05, 0) is 12.1 Å². The van der Waals surface area contributed by atoms with Crippen LogP contribution in [0.3, 0.4) is 0 Å². The van der Waals surface area contributed by atoms with Crippen LogP contribution in [0.2, 0.25) is 0 Å². The Balaban J connectivity index is 1.25. The summed E-state index contributed by atoms with van der Waals surface area (Å²) in [6.45, 7) is 2.37. The van der Waals surface area contributed by atoms with Gasteiger partial charge in [0.15, 0.2) is 17.3 Å². The first-order valence-corrected chi connectivity index (χ1v) is 9.00. The van der Waals surface area contributed by atoms with Gasteiger partial charge in [-0.15, -0.1) is 0 Å². The summed E-state index contributed by atoms with van der Waals surface area (Å²) in [5, 5.41) is 7.97. The van der Waals surface area contributed by atoms with Gasteiger partial charge in [-0.25, -0.2) is 19.6 Å². The monoisotopic (exact) mass is 392 g/mol. The maximum Gasteiger partial charge on any atom is 0.276 e. The number of rotatable bonds is 4. The molecule has 0 spiro atoms. The molecule has 4 aromatic heterocycles. The van der Waals surface area contributed by atoms with Gasteiger partial charge in [-0.2, -0.15) is 5.10 Å². The van der Waals surface area contributed by atoms with Crippen molar-refractivity contribution in [1.29, 1.82) is 0 Å². The van der Waals surface area contributed by atoms with Gasteiger partial charge in [0.1, 0.15) is 24.8 Å². The second kappa shape index (κ2) is 7.19. The second-order valence-electron chi connectivity index (χ2n) is 6.41.